The highest BCUT2D eigenvalue weighted by Crippen LogP contribution is 2.28. The summed E-state index contributed by atoms with van der Waals surface area (Å²) in [5, 5.41) is 7.12. The van der Waals surface area contributed by atoms with Crippen molar-refractivity contribution >= 4 is 63.2 Å². The smallest absolute Gasteiger partial charge is 0.293 e. The second-order valence-electron chi connectivity index (χ2n) is 8.32. The van der Waals surface area contributed by atoms with Gasteiger partial charge in [0.05, 0.1) is 11.0 Å². The average molecular weight is 535 g/mol. The predicted molar refractivity (Wildman–Crippen MR) is 149 cm³/mol. The molecule has 0 unspecified atom stereocenters. The summed E-state index contributed by atoms with van der Waals surface area (Å²) in [5.74, 6) is 0.911. The highest BCUT2D eigenvalue weighted by molar-refractivity contribution is 7.80. The van der Waals surface area contributed by atoms with E-state index in [1.807, 2.05) is 62.4 Å². The Balaban J connectivity index is 1.27. The lowest BCUT2D eigenvalue weighted by Gasteiger charge is -2.09. The molecule has 6 nitrogen and oxygen atoms in total. The number of thiocarbonyl (C=S) groups is 1. The van der Waals surface area contributed by atoms with E-state index in [9.17, 15) is 4.79 Å². The van der Waals surface area contributed by atoms with Crippen LogP contribution in [-0.4, -0.2) is 21.0 Å². The highest BCUT2D eigenvalue weighted by atomic mass is 35.5. The van der Waals surface area contributed by atoms with E-state index >= 15 is 0 Å². The summed E-state index contributed by atoms with van der Waals surface area (Å²) in [6.07, 6.45) is 0. The molecule has 3 aromatic carbocycles. The van der Waals surface area contributed by atoms with Crippen LogP contribution in [0.4, 0.5) is 5.69 Å². The standard InChI is InChI=1S/C27H20Cl2N4O2S/c1-14-6-7-16(12-19(14)28)23-8-9-24(35-23)26(34)33-27(36)30-18-5-3-4-17(11-18)25-31-21-10-15(2)20(29)13-22(21)32-25/h3-13H,1-2H3,(H,31,32)(H2,30,33,34,36). The molecule has 0 aliphatic carbocycles. The second-order valence-corrected chi connectivity index (χ2v) is 9.54. The first-order valence-electron chi connectivity index (χ1n) is 11.0. The number of rotatable bonds is 4. The summed E-state index contributed by atoms with van der Waals surface area (Å²) in [6, 6.07) is 20.2. The van der Waals surface area contributed by atoms with Gasteiger partial charge in [0.2, 0.25) is 0 Å². The van der Waals surface area contributed by atoms with Crippen LogP contribution < -0.4 is 10.6 Å². The van der Waals surface area contributed by atoms with Gasteiger partial charge in [-0.25, -0.2) is 4.98 Å². The van der Waals surface area contributed by atoms with Crippen molar-refractivity contribution in [2.45, 2.75) is 13.8 Å². The van der Waals surface area contributed by atoms with Crippen LogP contribution in [0.5, 0.6) is 0 Å². The number of anilines is 1. The Morgan fingerprint density at radius 1 is 0.944 bits per heavy atom. The molecule has 0 saturated heterocycles. The van der Waals surface area contributed by atoms with Gasteiger partial charge in [0.1, 0.15) is 11.6 Å². The summed E-state index contributed by atoms with van der Waals surface area (Å²) < 4.78 is 5.72. The van der Waals surface area contributed by atoms with E-state index < -0.39 is 5.91 Å². The number of carbonyl (C=O) groups is 1. The molecular formula is C27H20Cl2N4O2S. The number of amides is 1. The van der Waals surface area contributed by atoms with Gasteiger partial charge < -0.3 is 14.7 Å². The van der Waals surface area contributed by atoms with Crippen LogP contribution in [0, 0.1) is 13.8 Å². The lowest BCUT2D eigenvalue weighted by atomic mass is 10.1. The Bertz CT molecular complexity index is 1600. The summed E-state index contributed by atoms with van der Waals surface area (Å²) in [6.45, 7) is 3.87. The number of H-pyrrole nitrogens is 1. The molecule has 0 bridgehead atoms. The average Bonchev–Trinajstić information content (AvgIpc) is 3.49. The molecule has 9 heteroatoms. The van der Waals surface area contributed by atoms with E-state index in [1.54, 1.807) is 18.2 Å². The van der Waals surface area contributed by atoms with Gasteiger partial charge in [-0.2, -0.15) is 0 Å². The lowest BCUT2D eigenvalue weighted by molar-refractivity contribution is 0.0951. The molecule has 0 spiro atoms. The SMILES string of the molecule is Cc1ccc(-c2ccc(C(=O)NC(=S)Nc3cccc(-c4nc5cc(Cl)c(C)cc5[nH]4)c3)o2)cc1Cl. The first-order valence-corrected chi connectivity index (χ1v) is 12.2. The van der Waals surface area contributed by atoms with E-state index in [0.717, 1.165) is 33.3 Å². The van der Waals surface area contributed by atoms with Crippen molar-refractivity contribution < 1.29 is 9.21 Å². The van der Waals surface area contributed by atoms with Crippen LogP contribution in [-0.2, 0) is 0 Å². The largest absolute Gasteiger partial charge is 0.451 e. The number of aromatic nitrogens is 2. The highest BCUT2D eigenvalue weighted by Gasteiger charge is 2.15. The zero-order valence-electron chi connectivity index (χ0n) is 19.3. The third-order valence-electron chi connectivity index (χ3n) is 5.67. The maximum Gasteiger partial charge on any atom is 0.293 e. The Morgan fingerprint density at radius 2 is 1.75 bits per heavy atom. The molecule has 5 aromatic rings. The normalized spacial score (nSPS) is 11.0. The molecule has 0 saturated carbocycles. The Kier molecular flexibility index (Phi) is 6.53. The first-order chi connectivity index (χ1) is 17.3. The van der Waals surface area contributed by atoms with Crippen molar-refractivity contribution in [2.24, 2.45) is 0 Å². The molecule has 0 radical (unpaired) electrons. The predicted octanol–water partition coefficient (Wildman–Crippen LogP) is 7.54. The fourth-order valence-electron chi connectivity index (χ4n) is 3.71. The molecule has 2 heterocycles. The molecule has 1 amide bonds. The van der Waals surface area contributed by atoms with Crippen LogP contribution in [0.3, 0.4) is 0 Å². The van der Waals surface area contributed by atoms with Crippen LogP contribution in [0.1, 0.15) is 21.7 Å². The van der Waals surface area contributed by atoms with Crippen LogP contribution in [0.15, 0.2) is 71.1 Å². The van der Waals surface area contributed by atoms with Crippen molar-refractivity contribution in [1.29, 1.82) is 0 Å². The van der Waals surface area contributed by atoms with Gasteiger partial charge in [-0.05, 0) is 79.7 Å². The number of furan rings is 1. The lowest BCUT2D eigenvalue weighted by Crippen LogP contribution is -2.33. The summed E-state index contributed by atoms with van der Waals surface area (Å²) in [7, 11) is 0. The Morgan fingerprint density at radius 3 is 2.56 bits per heavy atom. The first kappa shape index (κ1) is 24.1. The van der Waals surface area contributed by atoms with Crippen LogP contribution in [0.25, 0.3) is 33.7 Å². The number of aryl methyl sites for hydroxylation is 2. The fraction of sp³-hybridized carbons (Fsp3) is 0.0741. The van der Waals surface area contributed by atoms with Gasteiger partial charge in [-0.1, -0.05) is 47.5 Å². The second kappa shape index (κ2) is 9.78. The molecule has 180 valence electrons. The zero-order chi connectivity index (χ0) is 25.4. The number of aromatic amines is 1. The molecule has 0 fully saturated rings. The number of hydrogen-bond donors (Lipinski definition) is 3. The third kappa shape index (κ3) is 4.99. The fourth-order valence-corrected chi connectivity index (χ4v) is 4.26. The van der Waals surface area contributed by atoms with Gasteiger partial charge >= 0.3 is 0 Å². The van der Waals surface area contributed by atoms with Gasteiger partial charge in [0, 0.05) is 26.9 Å². The van der Waals surface area contributed by atoms with Gasteiger partial charge in [-0.3, -0.25) is 10.1 Å². The Hall–Kier alpha value is -3.65. The number of carbonyl (C=O) groups excluding carboxylic acids is 1. The van der Waals surface area contributed by atoms with E-state index in [4.69, 9.17) is 39.8 Å². The maximum absolute atomic E-state index is 12.7. The topological polar surface area (TPSA) is 83.0 Å². The minimum atomic E-state index is -0.461. The quantitative estimate of drug-likeness (QED) is 0.207. The van der Waals surface area contributed by atoms with Crippen molar-refractivity contribution in [1.82, 2.24) is 15.3 Å². The molecule has 2 aromatic heterocycles. The minimum Gasteiger partial charge on any atom is -0.451 e. The molecular weight excluding hydrogens is 515 g/mol. The van der Waals surface area contributed by atoms with Gasteiger partial charge in [0.15, 0.2) is 10.9 Å². The summed E-state index contributed by atoms with van der Waals surface area (Å²) in [5.41, 5.74) is 5.96. The molecule has 0 atom stereocenters. The summed E-state index contributed by atoms with van der Waals surface area (Å²) >= 11 is 17.8. The van der Waals surface area contributed by atoms with Crippen molar-refractivity contribution in [3.63, 3.8) is 0 Å². The third-order valence-corrected chi connectivity index (χ3v) is 6.69. The number of imidazole rings is 1. The van der Waals surface area contributed by atoms with Crippen LogP contribution >= 0.6 is 35.4 Å². The van der Waals surface area contributed by atoms with Crippen molar-refractivity contribution in [3.05, 3.63) is 93.7 Å². The molecule has 3 N–H and O–H groups in total. The molecule has 0 aliphatic heterocycles. The minimum absolute atomic E-state index is 0.135. The Labute approximate surface area is 222 Å². The van der Waals surface area contributed by atoms with E-state index in [0.29, 0.717) is 27.3 Å². The van der Waals surface area contributed by atoms with Gasteiger partial charge in [0.25, 0.3) is 5.91 Å². The molecule has 5 rings (SSSR count). The number of halogens is 2. The number of nitrogens with zero attached hydrogens (tertiary/aromatic N) is 1. The molecule has 36 heavy (non-hydrogen) atoms. The number of benzene rings is 3. The van der Waals surface area contributed by atoms with E-state index in [-0.39, 0.29) is 10.9 Å². The monoisotopic (exact) mass is 534 g/mol. The maximum atomic E-state index is 12.7. The summed E-state index contributed by atoms with van der Waals surface area (Å²) in [4.78, 5) is 20.6. The van der Waals surface area contributed by atoms with Crippen LogP contribution in [0.2, 0.25) is 10.0 Å². The van der Waals surface area contributed by atoms with Crippen molar-refractivity contribution in [3.8, 4) is 22.7 Å². The zero-order valence-corrected chi connectivity index (χ0v) is 21.6. The van der Waals surface area contributed by atoms with Gasteiger partial charge in [-0.15, -0.1) is 0 Å². The van der Waals surface area contributed by atoms with Crippen molar-refractivity contribution in [2.75, 3.05) is 5.32 Å². The number of hydrogen-bond acceptors (Lipinski definition) is 4. The molecule has 0 aliphatic rings. The number of fused-ring (bicyclic) bond motifs is 1. The number of nitrogens with one attached hydrogen (secondary N) is 3. The van der Waals surface area contributed by atoms with E-state index in [1.165, 1.54) is 0 Å². The van der Waals surface area contributed by atoms with E-state index in [2.05, 4.69) is 20.6 Å².